The van der Waals surface area contributed by atoms with E-state index >= 15 is 0 Å². The van der Waals surface area contributed by atoms with Gasteiger partial charge < -0.3 is 15.4 Å². The van der Waals surface area contributed by atoms with Crippen LogP contribution >= 0.6 is 0 Å². The number of aromatic nitrogens is 3. The maximum atomic E-state index is 5.61. The molecule has 2 heterocycles. The van der Waals surface area contributed by atoms with Gasteiger partial charge in [0.2, 0.25) is 0 Å². The molecule has 1 fully saturated rings. The van der Waals surface area contributed by atoms with Gasteiger partial charge in [-0.2, -0.15) is 0 Å². The fourth-order valence-corrected chi connectivity index (χ4v) is 4.08. The summed E-state index contributed by atoms with van der Waals surface area (Å²) in [6, 6.07) is 5.97. The summed E-state index contributed by atoms with van der Waals surface area (Å²) in [6.07, 6.45) is 10.2. The molecule has 2 N–H and O–H groups in total. The van der Waals surface area contributed by atoms with Crippen molar-refractivity contribution in [2.75, 3.05) is 33.4 Å². The van der Waals surface area contributed by atoms with Crippen LogP contribution in [-0.2, 0) is 11.2 Å². The van der Waals surface area contributed by atoms with Gasteiger partial charge in [-0.1, -0.05) is 18.9 Å². The van der Waals surface area contributed by atoms with Crippen molar-refractivity contribution in [3.8, 4) is 0 Å². The Morgan fingerprint density at radius 2 is 2.11 bits per heavy atom. The van der Waals surface area contributed by atoms with Gasteiger partial charge in [0.05, 0.1) is 0 Å². The molecule has 7 nitrogen and oxygen atoms in total. The van der Waals surface area contributed by atoms with Gasteiger partial charge in [-0.15, -0.1) is 10.2 Å². The van der Waals surface area contributed by atoms with Gasteiger partial charge >= 0.3 is 0 Å². The lowest BCUT2D eigenvalue weighted by atomic mass is 9.83. The van der Waals surface area contributed by atoms with Gasteiger partial charge in [0, 0.05) is 46.0 Å². The molecule has 0 unspecified atom stereocenters. The minimum atomic E-state index is 0.354. The number of aryl methyl sites for hydroxylation is 1. The molecule has 0 radical (unpaired) electrons. The van der Waals surface area contributed by atoms with E-state index in [4.69, 9.17) is 4.74 Å². The van der Waals surface area contributed by atoms with E-state index in [0.717, 1.165) is 63.0 Å². The van der Waals surface area contributed by atoms with E-state index in [1.165, 1.54) is 25.7 Å². The third kappa shape index (κ3) is 5.44. The summed E-state index contributed by atoms with van der Waals surface area (Å²) in [5, 5.41) is 15.5. The number of aliphatic imine (C=N–C) groups is 1. The second-order valence-electron chi connectivity index (χ2n) is 7.66. The molecule has 1 aliphatic carbocycles. The summed E-state index contributed by atoms with van der Waals surface area (Å²) in [6.45, 7) is 5.54. The number of fused-ring (bicyclic) bond motifs is 1. The number of guanidine groups is 1. The Hall–Kier alpha value is -2.15. The first-order chi connectivity index (χ1) is 13.8. The van der Waals surface area contributed by atoms with Crippen molar-refractivity contribution >= 4 is 11.6 Å². The fourth-order valence-electron chi connectivity index (χ4n) is 4.08. The monoisotopic (exact) mass is 386 g/mol. The minimum Gasteiger partial charge on any atom is -0.382 e. The summed E-state index contributed by atoms with van der Waals surface area (Å²) in [4.78, 5) is 4.39. The number of hydrogen-bond acceptors (Lipinski definition) is 4. The number of nitrogens with zero attached hydrogens (tertiary/aromatic N) is 4. The number of hydrogen-bond donors (Lipinski definition) is 2. The SMILES string of the molecule is CCOCCC1(CNC(=NC)NCCCc2nnc3ccccn23)CCCC1. The third-order valence-electron chi connectivity index (χ3n) is 5.75. The first-order valence-electron chi connectivity index (χ1n) is 10.6. The van der Waals surface area contributed by atoms with Crippen LogP contribution in [0.1, 0.15) is 51.3 Å². The molecule has 0 saturated heterocycles. The Balaban J connectivity index is 1.41. The maximum Gasteiger partial charge on any atom is 0.190 e. The van der Waals surface area contributed by atoms with Crippen LogP contribution in [0.2, 0.25) is 0 Å². The third-order valence-corrected chi connectivity index (χ3v) is 5.75. The van der Waals surface area contributed by atoms with E-state index in [1.54, 1.807) is 0 Å². The molecule has 1 saturated carbocycles. The average molecular weight is 387 g/mol. The Morgan fingerprint density at radius 1 is 1.25 bits per heavy atom. The van der Waals surface area contributed by atoms with E-state index in [9.17, 15) is 0 Å². The van der Waals surface area contributed by atoms with Crippen LogP contribution in [0.4, 0.5) is 0 Å². The van der Waals surface area contributed by atoms with Crippen molar-refractivity contribution in [2.24, 2.45) is 10.4 Å². The molecule has 7 heteroatoms. The van der Waals surface area contributed by atoms with Gasteiger partial charge in [0.1, 0.15) is 5.82 Å². The normalized spacial score (nSPS) is 16.6. The van der Waals surface area contributed by atoms with Crippen LogP contribution in [-0.4, -0.2) is 53.9 Å². The smallest absolute Gasteiger partial charge is 0.190 e. The van der Waals surface area contributed by atoms with Crippen molar-refractivity contribution in [3.05, 3.63) is 30.2 Å². The van der Waals surface area contributed by atoms with Crippen LogP contribution in [0.25, 0.3) is 5.65 Å². The van der Waals surface area contributed by atoms with Crippen molar-refractivity contribution < 1.29 is 4.74 Å². The quantitative estimate of drug-likeness (QED) is 0.373. The van der Waals surface area contributed by atoms with Gasteiger partial charge in [-0.3, -0.25) is 9.39 Å². The Kier molecular flexibility index (Phi) is 7.65. The molecule has 0 aliphatic heterocycles. The second kappa shape index (κ2) is 10.4. The highest BCUT2D eigenvalue weighted by Crippen LogP contribution is 2.40. The first kappa shape index (κ1) is 20.6. The predicted octanol–water partition coefficient (Wildman–Crippen LogP) is 2.81. The molecule has 2 aromatic rings. The fraction of sp³-hybridized carbons (Fsp3) is 0.667. The van der Waals surface area contributed by atoms with Crippen molar-refractivity contribution in [2.45, 2.75) is 51.9 Å². The summed E-state index contributed by atoms with van der Waals surface area (Å²) in [5.74, 6) is 1.88. The summed E-state index contributed by atoms with van der Waals surface area (Å²) in [7, 11) is 1.84. The Bertz CT molecular complexity index is 750. The number of nitrogens with one attached hydrogen (secondary N) is 2. The zero-order chi connectivity index (χ0) is 19.7. The van der Waals surface area contributed by atoms with E-state index in [0.29, 0.717) is 5.41 Å². The molecule has 1 aliphatic rings. The van der Waals surface area contributed by atoms with Gasteiger partial charge in [-0.05, 0) is 50.2 Å². The molecule has 0 bridgehead atoms. The van der Waals surface area contributed by atoms with Crippen LogP contribution in [0.3, 0.4) is 0 Å². The molecule has 28 heavy (non-hydrogen) atoms. The van der Waals surface area contributed by atoms with Gasteiger partial charge in [0.25, 0.3) is 0 Å². The molecule has 2 aromatic heterocycles. The zero-order valence-corrected chi connectivity index (χ0v) is 17.3. The van der Waals surface area contributed by atoms with Gasteiger partial charge in [0.15, 0.2) is 11.6 Å². The molecule has 0 aromatic carbocycles. The molecule has 154 valence electrons. The lowest BCUT2D eigenvalue weighted by Crippen LogP contribution is -2.43. The zero-order valence-electron chi connectivity index (χ0n) is 17.3. The van der Waals surface area contributed by atoms with Crippen LogP contribution < -0.4 is 10.6 Å². The number of rotatable bonds is 10. The standard InChI is InChI=1S/C21H34N6O/c1-3-28-16-13-21(11-5-6-12-21)17-24-20(22-2)23-14-8-10-19-26-25-18-9-4-7-15-27(18)19/h4,7,9,15H,3,5-6,8,10-14,16-17H2,1-2H3,(H2,22,23,24). The number of ether oxygens (including phenoxy) is 1. The van der Waals surface area contributed by atoms with Gasteiger partial charge in [-0.25, -0.2) is 0 Å². The second-order valence-corrected chi connectivity index (χ2v) is 7.66. The van der Waals surface area contributed by atoms with E-state index < -0.39 is 0 Å². The minimum absolute atomic E-state index is 0.354. The summed E-state index contributed by atoms with van der Waals surface area (Å²) in [5.41, 5.74) is 1.25. The van der Waals surface area contributed by atoms with Crippen molar-refractivity contribution in [1.82, 2.24) is 25.2 Å². The highest BCUT2D eigenvalue weighted by molar-refractivity contribution is 5.79. The van der Waals surface area contributed by atoms with Crippen LogP contribution in [0.5, 0.6) is 0 Å². The lowest BCUT2D eigenvalue weighted by molar-refractivity contribution is 0.105. The highest BCUT2D eigenvalue weighted by Gasteiger charge is 2.33. The Morgan fingerprint density at radius 3 is 2.89 bits per heavy atom. The lowest BCUT2D eigenvalue weighted by Gasteiger charge is -2.30. The number of pyridine rings is 1. The average Bonchev–Trinajstić information content (AvgIpc) is 3.35. The molecule has 0 amide bonds. The summed E-state index contributed by atoms with van der Waals surface area (Å²) < 4.78 is 7.66. The largest absolute Gasteiger partial charge is 0.382 e. The molecular weight excluding hydrogens is 352 g/mol. The van der Waals surface area contributed by atoms with E-state index in [-0.39, 0.29) is 0 Å². The first-order valence-corrected chi connectivity index (χ1v) is 10.6. The molecule has 0 spiro atoms. The van der Waals surface area contributed by atoms with Crippen LogP contribution in [0, 0.1) is 5.41 Å². The highest BCUT2D eigenvalue weighted by atomic mass is 16.5. The van der Waals surface area contributed by atoms with E-state index in [1.807, 2.05) is 31.4 Å². The van der Waals surface area contributed by atoms with E-state index in [2.05, 4.69) is 37.1 Å². The maximum absolute atomic E-state index is 5.61. The van der Waals surface area contributed by atoms with Crippen LogP contribution in [0.15, 0.2) is 29.4 Å². The predicted molar refractivity (Wildman–Crippen MR) is 113 cm³/mol. The topological polar surface area (TPSA) is 75.8 Å². The van der Waals surface area contributed by atoms with Crippen molar-refractivity contribution in [1.29, 1.82) is 0 Å². The molecule has 0 atom stereocenters. The summed E-state index contributed by atoms with van der Waals surface area (Å²) >= 11 is 0. The Labute approximate surface area is 168 Å². The van der Waals surface area contributed by atoms with Crippen molar-refractivity contribution in [3.63, 3.8) is 0 Å². The molecular formula is C21H34N6O. The molecule has 3 rings (SSSR count).